The third-order valence-electron chi connectivity index (χ3n) is 4.90. The molecule has 4 rings (SSSR count). The van der Waals surface area contributed by atoms with Gasteiger partial charge in [-0.2, -0.15) is 0 Å². The summed E-state index contributed by atoms with van der Waals surface area (Å²) < 4.78 is 14.1. The van der Waals surface area contributed by atoms with E-state index in [9.17, 15) is 4.39 Å². The standard InChI is InChI=1S/C22H23FN6/c1-13-4-5-18(23)22-21(13)17(14(2)26-22)8-11-25-19-12-20(28-15(3)27-19)29-16-6-9-24-10-7-16/h4-7,9-10,12,26H,8,11H2,1-3H3,(H2,24,25,27,28,29). The number of nitrogens with one attached hydrogen (secondary N) is 3. The van der Waals surface area contributed by atoms with Crippen molar-refractivity contribution in [3.63, 3.8) is 0 Å². The number of rotatable bonds is 6. The van der Waals surface area contributed by atoms with Crippen molar-refractivity contribution >= 4 is 28.2 Å². The minimum absolute atomic E-state index is 0.217. The number of aryl methyl sites for hydroxylation is 3. The van der Waals surface area contributed by atoms with Gasteiger partial charge in [0.2, 0.25) is 0 Å². The van der Waals surface area contributed by atoms with Gasteiger partial charge in [-0.3, -0.25) is 4.98 Å². The van der Waals surface area contributed by atoms with E-state index in [1.54, 1.807) is 12.4 Å². The predicted molar refractivity (Wildman–Crippen MR) is 114 cm³/mol. The van der Waals surface area contributed by atoms with E-state index in [0.29, 0.717) is 23.7 Å². The molecule has 7 heteroatoms. The molecule has 0 spiro atoms. The molecule has 0 fully saturated rings. The van der Waals surface area contributed by atoms with Crippen molar-refractivity contribution in [2.24, 2.45) is 0 Å². The molecule has 0 saturated heterocycles. The summed E-state index contributed by atoms with van der Waals surface area (Å²) in [5, 5.41) is 7.60. The van der Waals surface area contributed by atoms with Gasteiger partial charge in [0.15, 0.2) is 0 Å². The van der Waals surface area contributed by atoms with E-state index >= 15 is 0 Å². The summed E-state index contributed by atoms with van der Waals surface area (Å²) in [4.78, 5) is 16.1. The third-order valence-corrected chi connectivity index (χ3v) is 4.90. The highest BCUT2D eigenvalue weighted by atomic mass is 19.1. The van der Waals surface area contributed by atoms with Gasteiger partial charge in [0.05, 0.1) is 5.52 Å². The quantitative estimate of drug-likeness (QED) is 0.440. The third kappa shape index (κ3) is 4.03. The van der Waals surface area contributed by atoms with Crippen LogP contribution in [0.15, 0.2) is 42.7 Å². The Morgan fingerprint density at radius 1 is 1.00 bits per heavy atom. The number of hydrogen-bond donors (Lipinski definition) is 3. The number of aromatic nitrogens is 4. The van der Waals surface area contributed by atoms with Crippen LogP contribution in [0.2, 0.25) is 0 Å². The Hall–Kier alpha value is -3.48. The number of anilines is 3. The lowest BCUT2D eigenvalue weighted by Crippen LogP contribution is -2.09. The molecule has 0 atom stereocenters. The first-order chi connectivity index (χ1) is 14.0. The summed E-state index contributed by atoms with van der Waals surface area (Å²) in [5.74, 6) is 1.92. The molecule has 0 amide bonds. The maximum Gasteiger partial charge on any atom is 0.147 e. The highest BCUT2D eigenvalue weighted by Crippen LogP contribution is 2.28. The molecule has 3 N–H and O–H groups in total. The van der Waals surface area contributed by atoms with Crippen LogP contribution in [0, 0.1) is 26.6 Å². The summed E-state index contributed by atoms with van der Waals surface area (Å²) in [6.45, 7) is 6.53. The summed E-state index contributed by atoms with van der Waals surface area (Å²) in [6.07, 6.45) is 4.21. The normalized spacial score (nSPS) is 11.0. The Balaban J connectivity index is 1.50. The minimum atomic E-state index is -0.217. The molecule has 0 saturated carbocycles. The Morgan fingerprint density at radius 3 is 2.55 bits per heavy atom. The number of benzene rings is 1. The van der Waals surface area contributed by atoms with E-state index in [1.807, 2.05) is 45.0 Å². The van der Waals surface area contributed by atoms with Crippen LogP contribution in [0.25, 0.3) is 10.9 Å². The van der Waals surface area contributed by atoms with Gasteiger partial charge in [0.25, 0.3) is 0 Å². The lowest BCUT2D eigenvalue weighted by molar-refractivity contribution is 0.637. The first-order valence-corrected chi connectivity index (χ1v) is 9.54. The van der Waals surface area contributed by atoms with Crippen molar-refractivity contribution in [2.45, 2.75) is 27.2 Å². The number of nitrogens with zero attached hydrogens (tertiary/aromatic N) is 3. The van der Waals surface area contributed by atoms with Crippen LogP contribution >= 0.6 is 0 Å². The van der Waals surface area contributed by atoms with Gasteiger partial charge >= 0.3 is 0 Å². The molecule has 0 aliphatic carbocycles. The van der Waals surface area contributed by atoms with Crippen LogP contribution in [0.3, 0.4) is 0 Å². The molecule has 4 aromatic rings. The Labute approximate surface area is 168 Å². The molecule has 3 aromatic heterocycles. The molecular formula is C22H23FN6. The Morgan fingerprint density at radius 2 is 1.76 bits per heavy atom. The largest absolute Gasteiger partial charge is 0.370 e. The van der Waals surface area contributed by atoms with Crippen LogP contribution in [0.4, 0.5) is 21.7 Å². The Bertz CT molecular complexity index is 1150. The summed E-state index contributed by atoms with van der Waals surface area (Å²) >= 11 is 0. The fourth-order valence-corrected chi connectivity index (χ4v) is 3.58. The SMILES string of the molecule is Cc1nc(NCCc2c(C)[nH]c3c(F)ccc(C)c23)cc(Nc2ccncc2)n1. The number of fused-ring (bicyclic) bond motifs is 1. The average Bonchev–Trinajstić information content (AvgIpc) is 3.03. The first kappa shape index (κ1) is 18.9. The van der Waals surface area contributed by atoms with Gasteiger partial charge in [-0.25, -0.2) is 14.4 Å². The molecule has 29 heavy (non-hydrogen) atoms. The van der Waals surface area contributed by atoms with Crippen molar-refractivity contribution in [3.8, 4) is 0 Å². The minimum Gasteiger partial charge on any atom is -0.370 e. The molecule has 0 aliphatic heterocycles. The molecule has 1 aromatic carbocycles. The fourth-order valence-electron chi connectivity index (χ4n) is 3.58. The van der Waals surface area contributed by atoms with Crippen molar-refractivity contribution in [3.05, 3.63) is 71.2 Å². The molecule has 148 valence electrons. The molecule has 0 bridgehead atoms. The maximum atomic E-state index is 14.1. The van der Waals surface area contributed by atoms with E-state index in [1.165, 1.54) is 6.07 Å². The smallest absolute Gasteiger partial charge is 0.147 e. The van der Waals surface area contributed by atoms with Crippen molar-refractivity contribution < 1.29 is 4.39 Å². The van der Waals surface area contributed by atoms with E-state index in [2.05, 4.69) is 30.6 Å². The van der Waals surface area contributed by atoms with Crippen LogP contribution in [-0.2, 0) is 6.42 Å². The van der Waals surface area contributed by atoms with E-state index in [0.717, 1.165) is 40.1 Å². The van der Waals surface area contributed by atoms with Crippen LogP contribution < -0.4 is 10.6 Å². The number of aromatic amines is 1. The highest BCUT2D eigenvalue weighted by Gasteiger charge is 2.14. The van der Waals surface area contributed by atoms with E-state index < -0.39 is 0 Å². The van der Waals surface area contributed by atoms with Gasteiger partial charge in [-0.1, -0.05) is 6.07 Å². The van der Waals surface area contributed by atoms with Crippen LogP contribution in [-0.4, -0.2) is 26.5 Å². The Kier molecular flexibility index (Phi) is 5.12. The molecule has 0 unspecified atom stereocenters. The van der Waals surface area contributed by atoms with E-state index in [-0.39, 0.29) is 5.82 Å². The zero-order chi connectivity index (χ0) is 20.4. The van der Waals surface area contributed by atoms with Gasteiger partial charge in [0, 0.05) is 41.8 Å². The van der Waals surface area contributed by atoms with Gasteiger partial charge < -0.3 is 15.6 Å². The van der Waals surface area contributed by atoms with Crippen molar-refractivity contribution in [2.75, 3.05) is 17.2 Å². The van der Waals surface area contributed by atoms with E-state index in [4.69, 9.17) is 0 Å². The van der Waals surface area contributed by atoms with Gasteiger partial charge in [-0.15, -0.1) is 0 Å². The molecule has 0 aliphatic rings. The van der Waals surface area contributed by atoms with Gasteiger partial charge in [0.1, 0.15) is 23.3 Å². The second-order valence-electron chi connectivity index (χ2n) is 7.07. The van der Waals surface area contributed by atoms with Crippen LogP contribution in [0.1, 0.15) is 22.6 Å². The zero-order valence-electron chi connectivity index (χ0n) is 16.7. The van der Waals surface area contributed by atoms with Crippen LogP contribution in [0.5, 0.6) is 0 Å². The number of halogens is 1. The molecule has 3 heterocycles. The first-order valence-electron chi connectivity index (χ1n) is 9.54. The lowest BCUT2D eigenvalue weighted by atomic mass is 10.0. The highest BCUT2D eigenvalue weighted by molar-refractivity contribution is 5.88. The number of hydrogen-bond acceptors (Lipinski definition) is 5. The zero-order valence-corrected chi connectivity index (χ0v) is 16.7. The molecule has 6 nitrogen and oxygen atoms in total. The number of H-pyrrole nitrogens is 1. The fraction of sp³-hybridized carbons (Fsp3) is 0.227. The summed E-state index contributed by atoms with van der Waals surface area (Å²) in [7, 11) is 0. The molecular weight excluding hydrogens is 367 g/mol. The summed E-state index contributed by atoms with van der Waals surface area (Å²) in [6, 6.07) is 8.97. The lowest BCUT2D eigenvalue weighted by Gasteiger charge is -2.11. The predicted octanol–water partition coefficient (Wildman–Crippen LogP) is 4.82. The second-order valence-corrected chi connectivity index (χ2v) is 7.07. The van der Waals surface area contributed by atoms with Crippen molar-refractivity contribution in [1.29, 1.82) is 0 Å². The topological polar surface area (TPSA) is 78.5 Å². The average molecular weight is 390 g/mol. The summed E-state index contributed by atoms with van der Waals surface area (Å²) in [5.41, 5.74) is 4.69. The number of pyridine rings is 1. The molecule has 0 radical (unpaired) electrons. The van der Waals surface area contributed by atoms with Crippen molar-refractivity contribution in [1.82, 2.24) is 19.9 Å². The maximum absolute atomic E-state index is 14.1. The second kappa shape index (κ2) is 7.87. The van der Waals surface area contributed by atoms with Gasteiger partial charge in [-0.05, 0) is 56.5 Å². The monoisotopic (exact) mass is 390 g/mol.